The van der Waals surface area contributed by atoms with Crippen LogP contribution >= 0.6 is 0 Å². The highest BCUT2D eigenvalue weighted by Crippen LogP contribution is 2.34. The normalized spacial score (nSPS) is 16.8. The maximum atomic E-state index is 11.6. The summed E-state index contributed by atoms with van der Waals surface area (Å²) in [5.74, 6) is 2.53. The van der Waals surface area contributed by atoms with Gasteiger partial charge in [-0.1, -0.05) is 5.92 Å². The van der Waals surface area contributed by atoms with Gasteiger partial charge in [0.1, 0.15) is 11.0 Å². The Bertz CT molecular complexity index is 658. The minimum atomic E-state index is -0.870. The zero-order chi connectivity index (χ0) is 16.4. The first-order valence-electron chi connectivity index (χ1n) is 6.79. The zero-order valence-corrected chi connectivity index (χ0v) is 12.8. The number of carbonyl (C=O) groups excluding carboxylic acids is 1. The second kappa shape index (κ2) is 5.67. The molecule has 1 aliphatic heterocycles. The smallest absolute Gasteiger partial charge is 0.427 e. The molecule has 1 aromatic heterocycles. The minimum absolute atomic E-state index is 0.203. The molecule has 0 radical (unpaired) electrons. The van der Waals surface area contributed by atoms with E-state index >= 15 is 0 Å². The van der Waals surface area contributed by atoms with Crippen LogP contribution in [0.4, 0.5) is 4.79 Å². The van der Waals surface area contributed by atoms with E-state index in [1.807, 2.05) is 0 Å². The van der Waals surface area contributed by atoms with Gasteiger partial charge < -0.3 is 9.57 Å². The van der Waals surface area contributed by atoms with E-state index in [-0.39, 0.29) is 13.1 Å². The molecular formula is C16H17N3O3. The van der Waals surface area contributed by atoms with Crippen molar-refractivity contribution in [2.24, 2.45) is 0 Å². The van der Waals surface area contributed by atoms with Gasteiger partial charge in [-0.3, -0.25) is 4.98 Å². The van der Waals surface area contributed by atoms with Gasteiger partial charge in [-0.05, 0) is 32.9 Å². The largest absolute Gasteiger partial charge is 0.528 e. The monoisotopic (exact) mass is 299 g/mol. The molecule has 22 heavy (non-hydrogen) atoms. The average molecular weight is 299 g/mol. The van der Waals surface area contributed by atoms with E-state index in [2.05, 4.69) is 17.0 Å². The number of ether oxygens (including phenoxy) is 1. The molecule has 0 amide bonds. The number of rotatable bonds is 2. The molecule has 1 fully saturated rings. The lowest BCUT2D eigenvalue weighted by atomic mass is 9.77. The summed E-state index contributed by atoms with van der Waals surface area (Å²) in [5, 5.41) is 10.9. The molecule has 0 unspecified atom stereocenters. The fourth-order valence-electron chi connectivity index (χ4n) is 2.17. The quantitative estimate of drug-likeness (QED) is 0.614. The Balaban J connectivity index is 2.05. The zero-order valence-electron chi connectivity index (χ0n) is 12.8. The highest BCUT2D eigenvalue weighted by molar-refractivity contribution is 5.60. The maximum Gasteiger partial charge on any atom is 0.528 e. The third-order valence-electron chi connectivity index (χ3n) is 3.12. The number of hydrogen-bond donors (Lipinski definition) is 0. The van der Waals surface area contributed by atoms with Crippen LogP contribution in [0.3, 0.4) is 0 Å². The molecule has 0 atom stereocenters. The minimum Gasteiger partial charge on any atom is -0.427 e. The van der Waals surface area contributed by atoms with Gasteiger partial charge in [0.05, 0.1) is 24.9 Å². The summed E-state index contributed by atoms with van der Waals surface area (Å²) in [6.45, 7) is 5.65. The molecular weight excluding hydrogens is 282 g/mol. The summed E-state index contributed by atoms with van der Waals surface area (Å²) in [6, 6.07) is 5.68. The number of aromatic nitrogens is 1. The standard InChI is InChI=1S/C16H17N3O3/c1-5-12-7-6-8-18-13(12)16(9-17)10-19(11-16)22-14(20)21-15(2,3)4/h1,6-8H,10-11H2,2-4H3. The van der Waals surface area contributed by atoms with Gasteiger partial charge in [0, 0.05) is 11.8 Å². The Labute approximate surface area is 129 Å². The van der Waals surface area contributed by atoms with Crippen LogP contribution in [0, 0.1) is 23.7 Å². The number of nitrogens with zero attached hydrogens (tertiary/aromatic N) is 3. The van der Waals surface area contributed by atoms with Crippen LogP contribution < -0.4 is 0 Å². The summed E-state index contributed by atoms with van der Waals surface area (Å²) in [4.78, 5) is 20.9. The Kier molecular flexibility index (Phi) is 4.07. The first kappa shape index (κ1) is 15.8. The molecule has 0 spiro atoms. The predicted molar refractivity (Wildman–Crippen MR) is 78.4 cm³/mol. The molecule has 0 saturated carbocycles. The number of nitriles is 1. The van der Waals surface area contributed by atoms with Crippen molar-refractivity contribution in [3.8, 4) is 18.4 Å². The second-order valence-corrected chi connectivity index (χ2v) is 6.09. The van der Waals surface area contributed by atoms with Gasteiger partial charge in [-0.25, -0.2) is 4.79 Å². The topological polar surface area (TPSA) is 75.5 Å². The van der Waals surface area contributed by atoms with E-state index in [1.165, 1.54) is 5.06 Å². The lowest BCUT2D eigenvalue weighted by molar-refractivity contribution is -0.195. The van der Waals surface area contributed by atoms with Crippen molar-refractivity contribution >= 4 is 6.16 Å². The fourth-order valence-corrected chi connectivity index (χ4v) is 2.17. The molecule has 0 aliphatic carbocycles. The first-order valence-corrected chi connectivity index (χ1v) is 6.79. The Hall–Kier alpha value is -2.57. The molecule has 6 heteroatoms. The number of pyridine rings is 1. The van der Waals surface area contributed by atoms with E-state index in [9.17, 15) is 10.1 Å². The molecule has 1 aliphatic rings. The third-order valence-corrected chi connectivity index (χ3v) is 3.12. The van der Waals surface area contributed by atoms with Crippen molar-refractivity contribution in [2.45, 2.75) is 31.8 Å². The summed E-state index contributed by atoms with van der Waals surface area (Å²) in [6.07, 6.45) is 6.24. The van der Waals surface area contributed by atoms with Crippen molar-refractivity contribution in [1.82, 2.24) is 10.0 Å². The summed E-state index contributed by atoms with van der Waals surface area (Å²) < 4.78 is 5.06. The van der Waals surface area contributed by atoms with E-state index in [1.54, 1.807) is 39.1 Å². The van der Waals surface area contributed by atoms with Gasteiger partial charge in [-0.2, -0.15) is 5.26 Å². The SMILES string of the molecule is C#Cc1cccnc1C1(C#N)CN(OC(=O)OC(C)(C)C)C1. The van der Waals surface area contributed by atoms with Crippen molar-refractivity contribution in [3.63, 3.8) is 0 Å². The van der Waals surface area contributed by atoms with Crippen molar-refractivity contribution < 1.29 is 14.4 Å². The van der Waals surface area contributed by atoms with E-state index in [0.29, 0.717) is 11.3 Å². The summed E-state index contributed by atoms with van der Waals surface area (Å²) >= 11 is 0. The van der Waals surface area contributed by atoms with Gasteiger partial charge in [0.15, 0.2) is 0 Å². The van der Waals surface area contributed by atoms with Gasteiger partial charge in [0.25, 0.3) is 0 Å². The Morgan fingerprint density at radius 3 is 2.73 bits per heavy atom. The summed E-state index contributed by atoms with van der Waals surface area (Å²) in [5.41, 5.74) is -0.401. The number of terminal acetylenes is 1. The van der Waals surface area contributed by atoms with Crippen LogP contribution in [-0.2, 0) is 15.0 Å². The predicted octanol–water partition coefficient (Wildman–Crippen LogP) is 2.01. The molecule has 2 heterocycles. The molecule has 1 aromatic rings. The van der Waals surface area contributed by atoms with Crippen LogP contribution in [0.5, 0.6) is 0 Å². The van der Waals surface area contributed by atoms with Crippen LogP contribution in [0.15, 0.2) is 18.3 Å². The Morgan fingerprint density at radius 1 is 1.50 bits per heavy atom. The average Bonchev–Trinajstić information content (AvgIpc) is 2.40. The highest BCUT2D eigenvalue weighted by Gasteiger charge is 2.50. The van der Waals surface area contributed by atoms with Gasteiger partial charge >= 0.3 is 6.16 Å². The molecule has 2 rings (SSSR count). The highest BCUT2D eigenvalue weighted by atomic mass is 16.8. The van der Waals surface area contributed by atoms with Gasteiger partial charge in [-0.15, -0.1) is 11.5 Å². The van der Waals surface area contributed by atoms with Crippen LogP contribution in [-0.4, -0.2) is 34.9 Å². The lowest BCUT2D eigenvalue weighted by Crippen LogP contribution is -2.59. The molecule has 1 saturated heterocycles. The summed E-state index contributed by atoms with van der Waals surface area (Å²) in [7, 11) is 0. The number of carbonyl (C=O) groups is 1. The van der Waals surface area contributed by atoms with Crippen molar-refractivity contribution in [2.75, 3.05) is 13.1 Å². The van der Waals surface area contributed by atoms with Crippen molar-refractivity contribution in [1.29, 1.82) is 5.26 Å². The van der Waals surface area contributed by atoms with Crippen LogP contribution in [0.1, 0.15) is 32.0 Å². The molecule has 114 valence electrons. The molecule has 0 aromatic carbocycles. The molecule has 0 bridgehead atoms. The van der Waals surface area contributed by atoms with E-state index in [4.69, 9.17) is 16.0 Å². The number of hydroxylamine groups is 2. The lowest BCUT2D eigenvalue weighted by Gasteiger charge is -2.43. The van der Waals surface area contributed by atoms with Crippen LogP contribution in [0.2, 0.25) is 0 Å². The Morgan fingerprint density at radius 2 is 2.18 bits per heavy atom. The third kappa shape index (κ3) is 3.19. The maximum absolute atomic E-state index is 11.6. The number of hydrogen-bond acceptors (Lipinski definition) is 6. The van der Waals surface area contributed by atoms with E-state index < -0.39 is 17.2 Å². The van der Waals surface area contributed by atoms with E-state index in [0.717, 1.165) is 0 Å². The van der Waals surface area contributed by atoms with Gasteiger partial charge in [0.2, 0.25) is 0 Å². The second-order valence-electron chi connectivity index (χ2n) is 6.09. The molecule has 6 nitrogen and oxygen atoms in total. The van der Waals surface area contributed by atoms with Crippen molar-refractivity contribution in [3.05, 3.63) is 29.6 Å². The van der Waals surface area contributed by atoms with Crippen LogP contribution in [0.25, 0.3) is 0 Å². The first-order chi connectivity index (χ1) is 10.3. The molecule has 0 N–H and O–H groups in total. The fraction of sp³-hybridized carbons (Fsp3) is 0.438.